The molecule has 25 heavy (non-hydrogen) atoms. The first-order chi connectivity index (χ1) is 11.5. The van der Waals surface area contributed by atoms with Gasteiger partial charge in [0.15, 0.2) is 5.96 Å². The van der Waals surface area contributed by atoms with E-state index in [0.29, 0.717) is 19.0 Å². The smallest absolute Gasteiger partial charge is 0.356 e. The number of nitrogens with zero attached hydrogens (tertiary/aromatic N) is 3. The first-order valence-electron chi connectivity index (χ1n) is 7.53. The summed E-state index contributed by atoms with van der Waals surface area (Å²) in [4.78, 5) is 3.92. The van der Waals surface area contributed by atoms with Crippen molar-refractivity contribution in [3.63, 3.8) is 0 Å². The van der Waals surface area contributed by atoms with Crippen LogP contribution in [0.4, 0.5) is 13.2 Å². The van der Waals surface area contributed by atoms with E-state index in [9.17, 15) is 13.2 Å². The van der Waals surface area contributed by atoms with E-state index in [-0.39, 0.29) is 30.5 Å². The van der Waals surface area contributed by atoms with Crippen molar-refractivity contribution in [2.45, 2.75) is 25.7 Å². The van der Waals surface area contributed by atoms with Gasteiger partial charge in [0.05, 0.1) is 13.0 Å². The van der Waals surface area contributed by atoms with Crippen LogP contribution in [0.3, 0.4) is 0 Å². The van der Waals surface area contributed by atoms with Gasteiger partial charge in [-0.2, -0.15) is 18.3 Å². The molecule has 0 atom stereocenters. The second-order valence-corrected chi connectivity index (χ2v) is 5.24. The molecule has 9 heteroatoms. The van der Waals surface area contributed by atoms with Crippen LogP contribution in [0.5, 0.6) is 0 Å². The van der Waals surface area contributed by atoms with Gasteiger partial charge in [-0.05, 0) is 17.2 Å². The summed E-state index contributed by atoms with van der Waals surface area (Å²) >= 11 is 0. The Labute approximate surface area is 161 Å². The summed E-state index contributed by atoms with van der Waals surface area (Å²) in [5.41, 5.74) is 2.11. The highest BCUT2D eigenvalue weighted by molar-refractivity contribution is 14.0. The first kappa shape index (κ1) is 21.3. The minimum Gasteiger partial charge on any atom is -0.356 e. The molecule has 0 aliphatic carbocycles. The number of halogens is 4. The highest BCUT2D eigenvalue weighted by atomic mass is 127. The van der Waals surface area contributed by atoms with Crippen molar-refractivity contribution in [2.75, 3.05) is 13.6 Å². The fraction of sp³-hybridized carbons (Fsp3) is 0.375. The number of aromatic nitrogens is 2. The average Bonchev–Trinajstić information content (AvgIpc) is 3.03. The van der Waals surface area contributed by atoms with E-state index in [1.165, 1.54) is 7.05 Å². The van der Waals surface area contributed by atoms with Gasteiger partial charge in [-0.15, -0.1) is 24.0 Å². The number of rotatable bonds is 6. The third-order valence-corrected chi connectivity index (χ3v) is 3.28. The fourth-order valence-corrected chi connectivity index (χ4v) is 2.15. The largest absolute Gasteiger partial charge is 0.390 e. The lowest BCUT2D eigenvalue weighted by atomic mass is 10.1. The Hall–Kier alpha value is -1.78. The van der Waals surface area contributed by atoms with Crippen molar-refractivity contribution in [3.8, 4) is 0 Å². The lowest BCUT2D eigenvalue weighted by Crippen LogP contribution is -2.38. The Morgan fingerprint density at radius 2 is 1.96 bits per heavy atom. The molecule has 2 aromatic rings. The summed E-state index contributed by atoms with van der Waals surface area (Å²) in [6.45, 7) is 0.931. The van der Waals surface area contributed by atoms with Gasteiger partial charge in [-0.3, -0.25) is 9.67 Å². The maximum Gasteiger partial charge on any atom is 0.390 e. The fourth-order valence-electron chi connectivity index (χ4n) is 2.15. The van der Waals surface area contributed by atoms with E-state index in [1.807, 2.05) is 41.2 Å². The van der Waals surface area contributed by atoms with Gasteiger partial charge in [0.1, 0.15) is 0 Å². The monoisotopic (exact) mass is 467 g/mol. The maximum atomic E-state index is 12.2. The molecule has 1 heterocycles. The second kappa shape index (κ2) is 10.3. The molecule has 0 aliphatic heterocycles. The molecule has 0 saturated heterocycles. The van der Waals surface area contributed by atoms with Crippen LogP contribution in [0.15, 0.2) is 47.7 Å². The van der Waals surface area contributed by atoms with Crippen molar-refractivity contribution >= 4 is 29.9 Å². The molecule has 0 spiro atoms. The van der Waals surface area contributed by atoms with Crippen molar-refractivity contribution < 1.29 is 13.2 Å². The number of hydrogen-bond donors (Lipinski definition) is 2. The topological polar surface area (TPSA) is 54.2 Å². The third-order valence-electron chi connectivity index (χ3n) is 3.28. The van der Waals surface area contributed by atoms with Gasteiger partial charge in [0, 0.05) is 32.5 Å². The highest BCUT2D eigenvalue weighted by Gasteiger charge is 2.26. The Morgan fingerprint density at radius 1 is 1.20 bits per heavy atom. The van der Waals surface area contributed by atoms with Gasteiger partial charge in [-0.25, -0.2) is 0 Å². The van der Waals surface area contributed by atoms with E-state index < -0.39 is 12.6 Å². The maximum absolute atomic E-state index is 12.2. The quantitative estimate of drug-likeness (QED) is 0.390. The van der Waals surface area contributed by atoms with Crippen molar-refractivity contribution in [3.05, 3.63) is 53.9 Å². The number of guanidine groups is 1. The lowest BCUT2D eigenvalue weighted by molar-refractivity contribution is -0.132. The van der Waals surface area contributed by atoms with Gasteiger partial charge >= 0.3 is 6.18 Å². The van der Waals surface area contributed by atoms with Crippen LogP contribution >= 0.6 is 24.0 Å². The summed E-state index contributed by atoms with van der Waals surface area (Å²) in [6, 6.07) is 9.78. The van der Waals surface area contributed by atoms with Crippen LogP contribution in [0.25, 0.3) is 0 Å². The Kier molecular flexibility index (Phi) is 8.73. The van der Waals surface area contributed by atoms with Crippen LogP contribution in [-0.2, 0) is 13.1 Å². The number of benzene rings is 1. The van der Waals surface area contributed by atoms with Gasteiger partial charge in [-0.1, -0.05) is 24.3 Å². The van der Waals surface area contributed by atoms with E-state index in [1.54, 1.807) is 6.20 Å². The molecule has 0 saturated carbocycles. The molecule has 0 bridgehead atoms. The van der Waals surface area contributed by atoms with E-state index in [4.69, 9.17) is 0 Å². The minimum absolute atomic E-state index is 0. The molecule has 1 aromatic heterocycles. The van der Waals surface area contributed by atoms with E-state index >= 15 is 0 Å². The molecule has 1 aromatic carbocycles. The molecular weight excluding hydrogens is 446 g/mol. The SMILES string of the molecule is CN=C(NCCC(F)(F)F)NCc1cccc(Cn2cccn2)c1.I. The number of aliphatic imine (C=N–C) groups is 1. The highest BCUT2D eigenvalue weighted by Crippen LogP contribution is 2.18. The predicted octanol–water partition coefficient (Wildman–Crippen LogP) is 3.17. The molecule has 2 rings (SSSR count). The zero-order chi connectivity index (χ0) is 17.4. The predicted molar refractivity (Wildman–Crippen MR) is 102 cm³/mol. The molecule has 138 valence electrons. The third kappa shape index (κ3) is 8.23. The lowest BCUT2D eigenvalue weighted by Gasteiger charge is -2.13. The normalized spacial score (nSPS) is 11.8. The molecule has 2 N–H and O–H groups in total. The number of alkyl halides is 3. The van der Waals surface area contributed by atoms with Gasteiger partial charge in [0.2, 0.25) is 0 Å². The van der Waals surface area contributed by atoms with Crippen LogP contribution < -0.4 is 10.6 Å². The van der Waals surface area contributed by atoms with E-state index in [0.717, 1.165) is 11.1 Å². The molecular formula is C16H21F3IN5. The molecule has 0 amide bonds. The Bertz CT molecular complexity index is 656. The average molecular weight is 467 g/mol. The summed E-state index contributed by atoms with van der Waals surface area (Å²) in [5.74, 6) is 0.344. The zero-order valence-corrected chi connectivity index (χ0v) is 16.1. The van der Waals surface area contributed by atoms with Crippen molar-refractivity contribution in [2.24, 2.45) is 4.99 Å². The van der Waals surface area contributed by atoms with Gasteiger partial charge < -0.3 is 10.6 Å². The van der Waals surface area contributed by atoms with Crippen LogP contribution in [-0.4, -0.2) is 35.5 Å². The Morgan fingerprint density at radius 3 is 2.60 bits per heavy atom. The molecule has 0 radical (unpaired) electrons. The standard InChI is InChI=1S/C16H20F3N5.HI/c1-20-15(21-8-6-16(17,18)19)22-11-13-4-2-5-14(10-13)12-24-9-3-7-23-24;/h2-5,7,9-10H,6,8,11-12H2,1H3,(H2,20,21,22);1H. The summed E-state index contributed by atoms with van der Waals surface area (Å²) in [5, 5.41) is 9.82. The van der Waals surface area contributed by atoms with Crippen molar-refractivity contribution in [1.29, 1.82) is 0 Å². The van der Waals surface area contributed by atoms with Crippen molar-refractivity contribution in [1.82, 2.24) is 20.4 Å². The number of hydrogen-bond acceptors (Lipinski definition) is 2. The molecule has 0 aliphatic rings. The first-order valence-corrected chi connectivity index (χ1v) is 7.53. The van der Waals surface area contributed by atoms with Crippen LogP contribution in [0.2, 0.25) is 0 Å². The Balaban J connectivity index is 0.00000312. The second-order valence-electron chi connectivity index (χ2n) is 5.24. The zero-order valence-electron chi connectivity index (χ0n) is 13.8. The summed E-state index contributed by atoms with van der Waals surface area (Å²) in [6.07, 6.45) is -1.46. The van der Waals surface area contributed by atoms with Gasteiger partial charge in [0.25, 0.3) is 0 Å². The molecule has 0 unspecified atom stereocenters. The molecule has 0 fully saturated rings. The molecule has 5 nitrogen and oxygen atoms in total. The van der Waals surface area contributed by atoms with Crippen LogP contribution in [0.1, 0.15) is 17.5 Å². The number of nitrogens with one attached hydrogen (secondary N) is 2. The summed E-state index contributed by atoms with van der Waals surface area (Å²) < 4.78 is 38.3. The minimum atomic E-state index is -4.17. The van der Waals surface area contributed by atoms with Crippen LogP contribution in [0, 0.1) is 0 Å². The van der Waals surface area contributed by atoms with E-state index in [2.05, 4.69) is 20.7 Å². The summed E-state index contributed by atoms with van der Waals surface area (Å²) in [7, 11) is 1.52.